The van der Waals surface area contributed by atoms with Crippen molar-refractivity contribution in [3.05, 3.63) is 36.4 Å². The van der Waals surface area contributed by atoms with E-state index in [0.29, 0.717) is 6.61 Å². The molecule has 0 radical (unpaired) electrons. The zero-order chi connectivity index (χ0) is 11.8. The molecule has 1 rings (SSSR count). The summed E-state index contributed by atoms with van der Waals surface area (Å²) in [7, 11) is 5.71. The molecule has 1 aromatic rings. The monoisotopic (exact) mass is 257 g/mol. The SMILES string of the molecule is COc1ccccc1OC/C=C/CN(C)C.Cl. The second-order valence-electron chi connectivity index (χ2n) is 3.70. The third-order valence-electron chi connectivity index (χ3n) is 2.04. The van der Waals surface area contributed by atoms with E-state index in [1.54, 1.807) is 7.11 Å². The standard InChI is InChI=1S/C13H19NO2.ClH/c1-14(2)10-6-7-11-16-13-9-5-4-8-12(13)15-3;/h4-9H,10-11H2,1-3H3;1H/b7-6+;. The van der Waals surface area contributed by atoms with E-state index in [1.807, 2.05) is 44.4 Å². The summed E-state index contributed by atoms with van der Waals surface area (Å²) < 4.78 is 10.8. The molecule has 0 N–H and O–H groups in total. The van der Waals surface area contributed by atoms with Gasteiger partial charge in [0.15, 0.2) is 11.5 Å². The molecule has 0 amide bonds. The highest BCUT2D eigenvalue weighted by molar-refractivity contribution is 5.85. The first-order valence-corrected chi connectivity index (χ1v) is 5.29. The maximum Gasteiger partial charge on any atom is 0.161 e. The van der Waals surface area contributed by atoms with Crippen LogP contribution in [-0.2, 0) is 0 Å². The molecule has 3 nitrogen and oxygen atoms in total. The van der Waals surface area contributed by atoms with Gasteiger partial charge in [-0.15, -0.1) is 12.4 Å². The topological polar surface area (TPSA) is 21.7 Å². The molecule has 0 heterocycles. The first kappa shape index (κ1) is 15.8. The smallest absolute Gasteiger partial charge is 0.161 e. The summed E-state index contributed by atoms with van der Waals surface area (Å²) in [6.07, 6.45) is 4.09. The number of hydrogen-bond donors (Lipinski definition) is 0. The van der Waals surface area contributed by atoms with Crippen LogP contribution in [0.15, 0.2) is 36.4 Å². The molecule has 0 bridgehead atoms. The first-order valence-electron chi connectivity index (χ1n) is 5.29. The number of halogens is 1. The summed E-state index contributed by atoms with van der Waals surface area (Å²) >= 11 is 0. The van der Waals surface area contributed by atoms with E-state index in [2.05, 4.69) is 11.0 Å². The van der Waals surface area contributed by atoms with Crippen molar-refractivity contribution < 1.29 is 9.47 Å². The Labute approximate surface area is 109 Å². The van der Waals surface area contributed by atoms with Gasteiger partial charge in [-0.05, 0) is 26.2 Å². The number of ether oxygens (including phenoxy) is 2. The molecule has 96 valence electrons. The minimum Gasteiger partial charge on any atom is -0.493 e. The maximum absolute atomic E-state index is 5.58. The number of nitrogens with zero attached hydrogens (tertiary/aromatic N) is 1. The van der Waals surface area contributed by atoms with E-state index >= 15 is 0 Å². The van der Waals surface area contributed by atoms with Crippen LogP contribution in [0.4, 0.5) is 0 Å². The van der Waals surface area contributed by atoms with Gasteiger partial charge in [0.2, 0.25) is 0 Å². The van der Waals surface area contributed by atoms with Crippen LogP contribution in [0, 0.1) is 0 Å². The Hall–Kier alpha value is -1.19. The van der Waals surface area contributed by atoms with Crippen LogP contribution >= 0.6 is 12.4 Å². The molecular weight excluding hydrogens is 238 g/mol. The highest BCUT2D eigenvalue weighted by Crippen LogP contribution is 2.25. The van der Waals surface area contributed by atoms with Gasteiger partial charge in [0.1, 0.15) is 6.61 Å². The fourth-order valence-electron chi connectivity index (χ4n) is 1.23. The van der Waals surface area contributed by atoms with Gasteiger partial charge in [-0.3, -0.25) is 0 Å². The third-order valence-corrected chi connectivity index (χ3v) is 2.04. The lowest BCUT2D eigenvalue weighted by Gasteiger charge is -2.08. The number of rotatable bonds is 6. The number of benzene rings is 1. The number of hydrogen-bond acceptors (Lipinski definition) is 3. The molecular formula is C13H20ClNO2. The van der Waals surface area contributed by atoms with Crippen molar-refractivity contribution in [2.24, 2.45) is 0 Å². The van der Waals surface area contributed by atoms with Crippen molar-refractivity contribution >= 4 is 12.4 Å². The third kappa shape index (κ3) is 6.19. The van der Waals surface area contributed by atoms with Crippen LogP contribution in [0.2, 0.25) is 0 Å². The van der Waals surface area contributed by atoms with E-state index in [4.69, 9.17) is 9.47 Å². The van der Waals surface area contributed by atoms with Crippen molar-refractivity contribution in [1.29, 1.82) is 0 Å². The summed E-state index contributed by atoms with van der Waals surface area (Å²) in [6.45, 7) is 1.49. The molecule has 17 heavy (non-hydrogen) atoms. The lowest BCUT2D eigenvalue weighted by atomic mass is 10.3. The van der Waals surface area contributed by atoms with E-state index in [9.17, 15) is 0 Å². The molecule has 1 aromatic carbocycles. The predicted molar refractivity (Wildman–Crippen MR) is 73.4 cm³/mol. The zero-order valence-electron chi connectivity index (χ0n) is 10.6. The fraction of sp³-hybridized carbons (Fsp3) is 0.385. The molecule has 0 aliphatic carbocycles. The maximum atomic E-state index is 5.58. The van der Waals surface area contributed by atoms with Gasteiger partial charge in [-0.1, -0.05) is 24.3 Å². The van der Waals surface area contributed by atoms with Gasteiger partial charge < -0.3 is 14.4 Å². The lowest BCUT2D eigenvalue weighted by molar-refractivity contribution is 0.325. The van der Waals surface area contributed by atoms with Crippen molar-refractivity contribution in [2.45, 2.75) is 0 Å². The average Bonchev–Trinajstić information content (AvgIpc) is 2.29. The Morgan fingerprint density at radius 1 is 1.12 bits per heavy atom. The van der Waals surface area contributed by atoms with Gasteiger partial charge in [0, 0.05) is 6.54 Å². The van der Waals surface area contributed by atoms with Crippen LogP contribution in [0.25, 0.3) is 0 Å². The van der Waals surface area contributed by atoms with E-state index in [-0.39, 0.29) is 12.4 Å². The molecule has 0 fully saturated rings. The second-order valence-corrected chi connectivity index (χ2v) is 3.70. The Morgan fingerprint density at radius 2 is 1.76 bits per heavy atom. The Kier molecular flexibility index (Phi) is 8.28. The van der Waals surface area contributed by atoms with Gasteiger partial charge in [-0.25, -0.2) is 0 Å². The molecule has 0 saturated heterocycles. The van der Waals surface area contributed by atoms with Gasteiger partial charge >= 0.3 is 0 Å². The minimum atomic E-state index is 0. The highest BCUT2D eigenvalue weighted by Gasteiger charge is 1.99. The molecule has 0 aliphatic heterocycles. The Balaban J connectivity index is 0.00000256. The van der Waals surface area contributed by atoms with E-state index < -0.39 is 0 Å². The quantitative estimate of drug-likeness (QED) is 0.732. The summed E-state index contributed by atoms with van der Waals surface area (Å²) in [6, 6.07) is 7.65. The Bertz CT molecular complexity index is 340. The van der Waals surface area contributed by atoms with Crippen molar-refractivity contribution in [3.8, 4) is 11.5 Å². The molecule has 0 unspecified atom stereocenters. The summed E-state index contributed by atoms with van der Waals surface area (Å²) in [5, 5.41) is 0. The van der Waals surface area contributed by atoms with Gasteiger partial charge in [0.05, 0.1) is 7.11 Å². The molecule has 0 aliphatic rings. The van der Waals surface area contributed by atoms with Gasteiger partial charge in [0.25, 0.3) is 0 Å². The number of para-hydroxylation sites is 2. The van der Waals surface area contributed by atoms with Crippen LogP contribution < -0.4 is 9.47 Å². The second kappa shape index (κ2) is 8.90. The van der Waals surface area contributed by atoms with Crippen LogP contribution in [0.1, 0.15) is 0 Å². The summed E-state index contributed by atoms with van der Waals surface area (Å²) in [5.41, 5.74) is 0. The zero-order valence-corrected chi connectivity index (χ0v) is 11.4. The van der Waals surface area contributed by atoms with Crippen molar-refractivity contribution in [3.63, 3.8) is 0 Å². The minimum absolute atomic E-state index is 0. The largest absolute Gasteiger partial charge is 0.493 e. The van der Waals surface area contributed by atoms with Crippen LogP contribution in [0.5, 0.6) is 11.5 Å². The first-order chi connectivity index (χ1) is 7.74. The summed E-state index contributed by atoms with van der Waals surface area (Å²) in [4.78, 5) is 2.10. The van der Waals surface area contributed by atoms with Gasteiger partial charge in [-0.2, -0.15) is 0 Å². The van der Waals surface area contributed by atoms with E-state index in [0.717, 1.165) is 18.0 Å². The van der Waals surface area contributed by atoms with E-state index in [1.165, 1.54) is 0 Å². The van der Waals surface area contributed by atoms with Crippen molar-refractivity contribution in [2.75, 3.05) is 34.4 Å². The Morgan fingerprint density at radius 3 is 2.35 bits per heavy atom. The number of likely N-dealkylation sites (N-methyl/N-ethyl adjacent to an activating group) is 1. The molecule has 0 atom stereocenters. The van der Waals surface area contributed by atoms with Crippen molar-refractivity contribution in [1.82, 2.24) is 4.90 Å². The molecule has 0 aromatic heterocycles. The molecule has 0 spiro atoms. The number of methoxy groups -OCH3 is 1. The summed E-state index contributed by atoms with van der Waals surface area (Å²) in [5.74, 6) is 1.54. The molecule has 0 saturated carbocycles. The van der Waals surface area contributed by atoms with Crippen LogP contribution in [0.3, 0.4) is 0 Å². The lowest BCUT2D eigenvalue weighted by Crippen LogP contribution is -2.10. The molecule has 4 heteroatoms. The normalized spacial score (nSPS) is 10.4. The highest BCUT2D eigenvalue weighted by atomic mass is 35.5. The fourth-order valence-corrected chi connectivity index (χ4v) is 1.23. The average molecular weight is 258 g/mol. The van der Waals surface area contributed by atoms with Crippen LogP contribution in [-0.4, -0.2) is 39.3 Å². The predicted octanol–water partition coefficient (Wildman–Crippen LogP) is 2.61.